The number of aromatic nitrogens is 2. The Labute approximate surface area is 178 Å². The van der Waals surface area contributed by atoms with Gasteiger partial charge in [0.1, 0.15) is 18.2 Å². The number of benzene rings is 2. The highest BCUT2D eigenvalue weighted by molar-refractivity contribution is 6.31. The predicted octanol–water partition coefficient (Wildman–Crippen LogP) is 2.86. The van der Waals surface area contributed by atoms with Gasteiger partial charge < -0.3 is 10.4 Å². The van der Waals surface area contributed by atoms with E-state index < -0.39 is 17.3 Å². The highest BCUT2D eigenvalue weighted by Crippen LogP contribution is 2.19. The number of nitrogens with zero attached hydrogens (tertiary/aromatic N) is 2. The lowest BCUT2D eigenvalue weighted by atomic mass is 10.1. The number of carbonyl (C=O) groups excluding carboxylic acids is 1. The third kappa shape index (κ3) is 4.93. The van der Waals surface area contributed by atoms with E-state index in [0.29, 0.717) is 21.8 Å². The number of hydrogen-bond donors (Lipinski definition) is 2. The number of carbonyl (C=O) groups is 1. The van der Waals surface area contributed by atoms with Crippen molar-refractivity contribution in [1.82, 2.24) is 14.9 Å². The zero-order valence-corrected chi connectivity index (χ0v) is 17.1. The van der Waals surface area contributed by atoms with Crippen LogP contribution in [0.1, 0.15) is 16.8 Å². The van der Waals surface area contributed by atoms with Crippen LogP contribution in [0.5, 0.6) is 0 Å². The first-order valence-electron chi connectivity index (χ1n) is 9.38. The number of halogens is 2. The van der Waals surface area contributed by atoms with Gasteiger partial charge in [-0.1, -0.05) is 41.9 Å². The summed E-state index contributed by atoms with van der Waals surface area (Å²) in [6.07, 6.45) is 0.113. The molecule has 0 saturated heterocycles. The van der Waals surface area contributed by atoms with E-state index >= 15 is 0 Å². The Bertz CT molecular complexity index is 1130. The first kappa shape index (κ1) is 21.7. The largest absolute Gasteiger partial charge is 0.396 e. The fraction of sp³-hybridized carbons (Fsp3) is 0.227. The van der Waals surface area contributed by atoms with Gasteiger partial charge >= 0.3 is 0 Å². The molecule has 1 aromatic heterocycles. The second-order valence-corrected chi connectivity index (χ2v) is 7.15. The van der Waals surface area contributed by atoms with E-state index in [2.05, 4.69) is 10.3 Å². The molecule has 156 valence electrons. The Hall–Kier alpha value is -3.03. The van der Waals surface area contributed by atoms with E-state index in [-0.39, 0.29) is 31.9 Å². The highest BCUT2D eigenvalue weighted by atomic mass is 35.5. The molecule has 0 aliphatic rings. The number of aliphatic hydroxyl groups is 1. The minimum Gasteiger partial charge on any atom is -0.396 e. The van der Waals surface area contributed by atoms with E-state index in [9.17, 15) is 19.1 Å². The molecular formula is C22H21ClFN3O3. The van der Waals surface area contributed by atoms with Gasteiger partial charge in [-0.15, -0.1) is 0 Å². The van der Waals surface area contributed by atoms with E-state index in [1.807, 2.05) is 6.07 Å². The standard InChI is InChI=1S/C22H21ClFN3O3/c1-14-18(9-10-28)22(30)27(21(26-14)15-6-4-7-17(24)11-15)13-20(29)25-12-16-5-2-3-8-19(16)23/h2-8,11,28H,9-10,12-13H2,1H3,(H,25,29). The van der Waals surface area contributed by atoms with Crippen LogP contribution in [0.25, 0.3) is 11.4 Å². The summed E-state index contributed by atoms with van der Waals surface area (Å²) in [5, 5.41) is 12.5. The SMILES string of the molecule is Cc1nc(-c2cccc(F)c2)n(CC(=O)NCc2ccccc2Cl)c(=O)c1CCO. The lowest BCUT2D eigenvalue weighted by Gasteiger charge is -2.16. The van der Waals surface area contributed by atoms with Crippen LogP contribution in [0.15, 0.2) is 53.3 Å². The molecule has 8 heteroatoms. The van der Waals surface area contributed by atoms with Crippen molar-refractivity contribution in [2.45, 2.75) is 26.4 Å². The molecule has 0 aliphatic carbocycles. The van der Waals surface area contributed by atoms with Gasteiger partial charge in [-0.3, -0.25) is 14.2 Å². The molecule has 0 spiro atoms. The van der Waals surface area contributed by atoms with Crippen molar-refractivity contribution in [3.8, 4) is 11.4 Å². The average Bonchev–Trinajstić information content (AvgIpc) is 2.72. The molecule has 1 amide bonds. The van der Waals surface area contributed by atoms with Crippen LogP contribution >= 0.6 is 11.6 Å². The summed E-state index contributed by atoms with van der Waals surface area (Å²) in [4.78, 5) is 30.1. The molecule has 2 N–H and O–H groups in total. The van der Waals surface area contributed by atoms with Crippen molar-refractivity contribution in [3.05, 3.63) is 86.5 Å². The van der Waals surface area contributed by atoms with Crippen molar-refractivity contribution in [1.29, 1.82) is 0 Å². The van der Waals surface area contributed by atoms with E-state index in [4.69, 9.17) is 11.6 Å². The van der Waals surface area contributed by atoms with Crippen LogP contribution in [0.2, 0.25) is 5.02 Å². The van der Waals surface area contributed by atoms with Gasteiger partial charge in [-0.2, -0.15) is 0 Å². The van der Waals surface area contributed by atoms with E-state index in [1.54, 1.807) is 31.2 Å². The number of hydrogen-bond acceptors (Lipinski definition) is 4. The minimum absolute atomic E-state index is 0.113. The van der Waals surface area contributed by atoms with Crippen molar-refractivity contribution < 1.29 is 14.3 Å². The highest BCUT2D eigenvalue weighted by Gasteiger charge is 2.18. The van der Waals surface area contributed by atoms with Gasteiger partial charge in [-0.05, 0) is 30.7 Å². The first-order chi connectivity index (χ1) is 14.4. The Morgan fingerprint density at radius 2 is 2.00 bits per heavy atom. The number of aryl methyl sites for hydroxylation is 1. The van der Waals surface area contributed by atoms with Crippen LogP contribution in [-0.2, 0) is 24.3 Å². The smallest absolute Gasteiger partial charge is 0.257 e. The first-order valence-corrected chi connectivity index (χ1v) is 9.75. The fourth-order valence-corrected chi connectivity index (χ4v) is 3.33. The Kier molecular flexibility index (Phi) is 6.97. The van der Waals surface area contributed by atoms with Crippen LogP contribution < -0.4 is 10.9 Å². The molecular weight excluding hydrogens is 409 g/mol. The monoisotopic (exact) mass is 429 g/mol. The van der Waals surface area contributed by atoms with Gasteiger partial charge in [0.2, 0.25) is 5.91 Å². The molecule has 3 rings (SSSR count). The van der Waals surface area contributed by atoms with Crippen molar-refractivity contribution in [2.24, 2.45) is 0 Å². The second kappa shape index (κ2) is 9.65. The van der Waals surface area contributed by atoms with E-state index in [1.165, 1.54) is 22.8 Å². The third-order valence-electron chi connectivity index (χ3n) is 4.65. The Morgan fingerprint density at radius 1 is 1.23 bits per heavy atom. The lowest BCUT2D eigenvalue weighted by Crippen LogP contribution is -2.35. The Balaban J connectivity index is 1.95. The van der Waals surface area contributed by atoms with Gasteiger partial charge in [0, 0.05) is 41.4 Å². The molecule has 0 fully saturated rings. The van der Waals surface area contributed by atoms with E-state index in [0.717, 1.165) is 5.56 Å². The van der Waals surface area contributed by atoms with Gasteiger partial charge in [0.05, 0.1) is 0 Å². The number of nitrogens with one attached hydrogen (secondary N) is 1. The van der Waals surface area contributed by atoms with Crippen LogP contribution in [0, 0.1) is 12.7 Å². The molecule has 0 aliphatic heterocycles. The topological polar surface area (TPSA) is 84.2 Å². The maximum absolute atomic E-state index is 13.8. The third-order valence-corrected chi connectivity index (χ3v) is 5.02. The van der Waals surface area contributed by atoms with Gasteiger partial charge in [-0.25, -0.2) is 9.37 Å². The Morgan fingerprint density at radius 3 is 2.70 bits per heavy atom. The summed E-state index contributed by atoms with van der Waals surface area (Å²) in [6.45, 7) is 1.32. The molecule has 0 radical (unpaired) electrons. The fourth-order valence-electron chi connectivity index (χ4n) is 3.13. The van der Waals surface area contributed by atoms with Crippen LogP contribution in [0.3, 0.4) is 0 Å². The quantitative estimate of drug-likeness (QED) is 0.605. The summed E-state index contributed by atoms with van der Waals surface area (Å²) in [5.41, 5.74) is 1.43. The minimum atomic E-state index is -0.478. The maximum Gasteiger partial charge on any atom is 0.257 e. The molecule has 30 heavy (non-hydrogen) atoms. The predicted molar refractivity (Wildman–Crippen MR) is 113 cm³/mol. The molecule has 0 atom stereocenters. The lowest BCUT2D eigenvalue weighted by molar-refractivity contribution is -0.121. The van der Waals surface area contributed by atoms with Crippen molar-refractivity contribution >= 4 is 17.5 Å². The molecule has 0 unspecified atom stereocenters. The van der Waals surface area contributed by atoms with Crippen molar-refractivity contribution in [2.75, 3.05) is 6.61 Å². The summed E-state index contributed by atoms with van der Waals surface area (Å²) < 4.78 is 15.0. The van der Waals surface area contributed by atoms with Gasteiger partial charge in [0.15, 0.2) is 0 Å². The summed E-state index contributed by atoms with van der Waals surface area (Å²) >= 11 is 6.11. The molecule has 1 heterocycles. The van der Waals surface area contributed by atoms with Crippen LogP contribution in [0.4, 0.5) is 4.39 Å². The number of aliphatic hydroxyl groups excluding tert-OH is 1. The molecule has 3 aromatic rings. The summed E-state index contributed by atoms with van der Waals surface area (Å²) in [5.74, 6) is -0.713. The molecule has 2 aromatic carbocycles. The zero-order chi connectivity index (χ0) is 21.7. The average molecular weight is 430 g/mol. The normalized spacial score (nSPS) is 10.8. The molecule has 0 saturated carbocycles. The second-order valence-electron chi connectivity index (χ2n) is 6.74. The van der Waals surface area contributed by atoms with Gasteiger partial charge in [0.25, 0.3) is 5.56 Å². The summed E-state index contributed by atoms with van der Waals surface area (Å²) in [6, 6.07) is 12.8. The number of rotatable bonds is 7. The zero-order valence-electron chi connectivity index (χ0n) is 16.4. The number of amides is 1. The maximum atomic E-state index is 13.8. The molecule has 0 bridgehead atoms. The summed E-state index contributed by atoms with van der Waals surface area (Å²) in [7, 11) is 0. The van der Waals surface area contributed by atoms with Crippen LogP contribution in [-0.4, -0.2) is 27.2 Å². The molecule has 6 nitrogen and oxygen atoms in total. The van der Waals surface area contributed by atoms with Crippen molar-refractivity contribution in [3.63, 3.8) is 0 Å².